The largest absolute Gasteiger partial charge is 0.333 e. The van der Waals surface area contributed by atoms with E-state index in [1.807, 2.05) is 0 Å². The molecule has 2 heterocycles. The molecule has 3 nitrogen and oxygen atoms in total. The first-order valence-electron chi connectivity index (χ1n) is 6.25. The summed E-state index contributed by atoms with van der Waals surface area (Å²) in [6, 6.07) is 6.83. The summed E-state index contributed by atoms with van der Waals surface area (Å²) < 4.78 is 15.0. The summed E-state index contributed by atoms with van der Waals surface area (Å²) >= 11 is 0. The second-order valence-corrected chi connectivity index (χ2v) is 4.90. The molecule has 94 valence electrons. The Kier molecular flexibility index (Phi) is 2.88. The van der Waals surface area contributed by atoms with Gasteiger partial charge in [-0.1, -0.05) is 12.1 Å². The fourth-order valence-corrected chi connectivity index (χ4v) is 2.43. The minimum Gasteiger partial charge on any atom is -0.333 e. The Balaban J connectivity index is 1.79. The Morgan fingerprint density at radius 3 is 2.89 bits per heavy atom. The van der Waals surface area contributed by atoms with Gasteiger partial charge in [0.2, 0.25) is 0 Å². The van der Waals surface area contributed by atoms with Crippen LogP contribution in [-0.2, 0) is 19.4 Å². The Hall–Kier alpha value is -1.68. The highest BCUT2D eigenvalue weighted by Gasteiger charge is 2.17. The van der Waals surface area contributed by atoms with Gasteiger partial charge in [-0.05, 0) is 24.1 Å². The van der Waals surface area contributed by atoms with Crippen molar-refractivity contribution in [2.75, 3.05) is 0 Å². The second kappa shape index (κ2) is 4.53. The maximum atomic E-state index is 12.8. The third kappa shape index (κ3) is 2.29. The van der Waals surface area contributed by atoms with Crippen molar-refractivity contribution in [3.63, 3.8) is 0 Å². The third-order valence-corrected chi connectivity index (χ3v) is 3.38. The highest BCUT2D eigenvalue weighted by atomic mass is 19.1. The van der Waals surface area contributed by atoms with Crippen LogP contribution in [0.2, 0.25) is 0 Å². The van der Waals surface area contributed by atoms with Crippen LogP contribution in [0.15, 0.2) is 30.5 Å². The number of hydrogen-bond donors (Lipinski definition) is 1. The zero-order valence-electron chi connectivity index (χ0n) is 10.1. The highest BCUT2D eigenvalue weighted by Crippen LogP contribution is 2.16. The molecule has 1 unspecified atom stereocenters. The van der Waals surface area contributed by atoms with Gasteiger partial charge in [0.25, 0.3) is 0 Å². The molecule has 3 rings (SSSR count). The quantitative estimate of drug-likeness (QED) is 0.878. The summed E-state index contributed by atoms with van der Waals surface area (Å²) in [5, 5.41) is 0. The Morgan fingerprint density at radius 1 is 1.33 bits per heavy atom. The van der Waals surface area contributed by atoms with Crippen LogP contribution in [0.4, 0.5) is 4.39 Å². The van der Waals surface area contributed by atoms with Crippen LogP contribution in [0.3, 0.4) is 0 Å². The predicted molar refractivity (Wildman–Crippen MR) is 67.7 cm³/mol. The number of benzene rings is 1. The number of imidazole rings is 1. The summed E-state index contributed by atoms with van der Waals surface area (Å²) in [7, 11) is 0. The van der Waals surface area contributed by atoms with E-state index in [-0.39, 0.29) is 11.9 Å². The number of aromatic nitrogens is 2. The first-order valence-corrected chi connectivity index (χ1v) is 6.25. The molecule has 1 aromatic carbocycles. The number of nitrogens with zero attached hydrogens (tertiary/aromatic N) is 2. The van der Waals surface area contributed by atoms with E-state index < -0.39 is 0 Å². The van der Waals surface area contributed by atoms with Crippen molar-refractivity contribution in [1.82, 2.24) is 9.55 Å². The molecule has 0 aliphatic carbocycles. The Labute approximate surface area is 105 Å². The van der Waals surface area contributed by atoms with Gasteiger partial charge < -0.3 is 10.3 Å². The first kappa shape index (κ1) is 11.4. The van der Waals surface area contributed by atoms with Crippen molar-refractivity contribution in [3.05, 3.63) is 53.4 Å². The van der Waals surface area contributed by atoms with Crippen LogP contribution in [0.1, 0.15) is 23.5 Å². The molecule has 0 spiro atoms. The van der Waals surface area contributed by atoms with Gasteiger partial charge in [0.15, 0.2) is 0 Å². The van der Waals surface area contributed by atoms with Gasteiger partial charge in [-0.15, -0.1) is 0 Å². The van der Waals surface area contributed by atoms with Crippen molar-refractivity contribution in [1.29, 1.82) is 0 Å². The van der Waals surface area contributed by atoms with Crippen LogP contribution < -0.4 is 5.73 Å². The maximum Gasteiger partial charge on any atom is 0.123 e. The summed E-state index contributed by atoms with van der Waals surface area (Å²) in [6.07, 6.45) is 4.77. The van der Waals surface area contributed by atoms with Crippen molar-refractivity contribution >= 4 is 0 Å². The molecule has 0 radical (unpaired) electrons. The van der Waals surface area contributed by atoms with E-state index in [0.29, 0.717) is 0 Å². The lowest BCUT2D eigenvalue weighted by atomic mass is 10.1. The highest BCUT2D eigenvalue weighted by molar-refractivity contribution is 5.22. The minimum absolute atomic E-state index is 0.200. The third-order valence-electron chi connectivity index (χ3n) is 3.38. The summed E-state index contributed by atoms with van der Waals surface area (Å²) in [6.45, 7) is 0.853. The van der Waals surface area contributed by atoms with E-state index in [9.17, 15) is 4.39 Å². The summed E-state index contributed by atoms with van der Waals surface area (Å²) in [5.41, 5.74) is 8.05. The normalized spacial score (nSPS) is 18.7. The van der Waals surface area contributed by atoms with E-state index in [1.54, 1.807) is 12.1 Å². The van der Waals surface area contributed by atoms with Crippen molar-refractivity contribution in [2.24, 2.45) is 5.73 Å². The number of nitrogens with two attached hydrogens (primary N) is 1. The lowest BCUT2D eigenvalue weighted by Crippen LogP contribution is -2.31. The van der Waals surface area contributed by atoms with Crippen molar-refractivity contribution in [2.45, 2.75) is 31.8 Å². The molecule has 1 aromatic heterocycles. The summed E-state index contributed by atoms with van der Waals surface area (Å²) in [5.74, 6) is 0.919. The smallest absolute Gasteiger partial charge is 0.123 e. The molecule has 4 heteroatoms. The molecule has 1 atom stereocenters. The molecule has 1 aliphatic heterocycles. The van der Waals surface area contributed by atoms with Gasteiger partial charge in [-0.25, -0.2) is 9.37 Å². The molecule has 2 N–H and O–H groups in total. The SMILES string of the molecule is NC1CCc2nc(Cc3ccc(F)cc3)cn2C1. The second-order valence-electron chi connectivity index (χ2n) is 4.90. The Bertz CT molecular complexity index is 545. The van der Waals surface area contributed by atoms with Gasteiger partial charge >= 0.3 is 0 Å². The molecule has 1 aliphatic rings. The Morgan fingerprint density at radius 2 is 2.11 bits per heavy atom. The van der Waals surface area contributed by atoms with Crippen molar-refractivity contribution in [3.8, 4) is 0 Å². The van der Waals surface area contributed by atoms with Gasteiger partial charge in [-0.2, -0.15) is 0 Å². The van der Waals surface area contributed by atoms with Crippen LogP contribution in [0.25, 0.3) is 0 Å². The number of halogens is 1. The predicted octanol–water partition coefficient (Wildman–Crippen LogP) is 1.89. The minimum atomic E-state index is -0.200. The number of fused-ring (bicyclic) bond motifs is 1. The molecule has 0 saturated carbocycles. The van der Waals surface area contributed by atoms with Crippen LogP contribution in [0, 0.1) is 5.82 Å². The van der Waals surface area contributed by atoms with E-state index in [4.69, 9.17) is 5.73 Å². The molecular formula is C14H16FN3. The number of rotatable bonds is 2. The molecule has 0 saturated heterocycles. The van der Waals surface area contributed by atoms with Gasteiger partial charge in [0.05, 0.1) is 5.69 Å². The molecule has 0 fully saturated rings. The molecular weight excluding hydrogens is 229 g/mol. The van der Waals surface area contributed by atoms with Crippen molar-refractivity contribution < 1.29 is 4.39 Å². The fourth-order valence-electron chi connectivity index (χ4n) is 2.43. The first-order chi connectivity index (χ1) is 8.70. The molecule has 0 amide bonds. The standard InChI is InChI=1S/C14H16FN3/c15-11-3-1-10(2-4-11)7-13-9-18-8-12(16)5-6-14(18)17-13/h1-4,9,12H,5-8,16H2. The summed E-state index contributed by atoms with van der Waals surface area (Å²) in [4.78, 5) is 4.62. The molecule has 2 aromatic rings. The lowest BCUT2D eigenvalue weighted by molar-refractivity contribution is 0.453. The average molecular weight is 245 g/mol. The average Bonchev–Trinajstić information content (AvgIpc) is 2.73. The zero-order valence-corrected chi connectivity index (χ0v) is 10.1. The van der Waals surface area contributed by atoms with Gasteiger partial charge in [-0.3, -0.25) is 0 Å². The van der Waals surface area contributed by atoms with E-state index >= 15 is 0 Å². The van der Waals surface area contributed by atoms with Crippen LogP contribution in [-0.4, -0.2) is 15.6 Å². The van der Waals surface area contributed by atoms with Crippen LogP contribution >= 0.6 is 0 Å². The monoisotopic (exact) mass is 245 g/mol. The van der Waals surface area contributed by atoms with Gasteiger partial charge in [0, 0.05) is 31.6 Å². The van der Waals surface area contributed by atoms with E-state index in [1.165, 1.54) is 12.1 Å². The molecule has 18 heavy (non-hydrogen) atoms. The maximum absolute atomic E-state index is 12.8. The molecule has 0 bridgehead atoms. The van der Waals surface area contributed by atoms with E-state index in [2.05, 4.69) is 15.7 Å². The van der Waals surface area contributed by atoms with Gasteiger partial charge in [0.1, 0.15) is 11.6 Å². The number of aryl methyl sites for hydroxylation is 1. The van der Waals surface area contributed by atoms with E-state index in [0.717, 1.165) is 42.9 Å². The number of hydrogen-bond acceptors (Lipinski definition) is 2. The lowest BCUT2D eigenvalue weighted by Gasteiger charge is -2.19. The zero-order chi connectivity index (χ0) is 12.5. The fraction of sp³-hybridized carbons (Fsp3) is 0.357. The topological polar surface area (TPSA) is 43.8 Å². The van der Waals surface area contributed by atoms with Crippen LogP contribution in [0.5, 0.6) is 0 Å².